The Kier molecular flexibility index (Phi) is 4.81. The van der Waals surface area contributed by atoms with Crippen LogP contribution in [0.15, 0.2) is 30.3 Å². The monoisotopic (exact) mass is 319 g/mol. The second kappa shape index (κ2) is 6.82. The summed E-state index contributed by atoms with van der Waals surface area (Å²) in [6.07, 6.45) is 2.24. The minimum absolute atomic E-state index is 0.267. The first-order valence-corrected chi connectivity index (χ1v) is 8.17. The van der Waals surface area contributed by atoms with Gasteiger partial charge >= 0.3 is 0 Å². The molecule has 1 aliphatic heterocycles. The molecule has 2 aromatic rings. The average molecular weight is 320 g/mol. The summed E-state index contributed by atoms with van der Waals surface area (Å²) in [7, 11) is 1.88. The van der Waals surface area contributed by atoms with Gasteiger partial charge in [0.15, 0.2) is 0 Å². The lowest BCUT2D eigenvalue weighted by atomic mass is 9.98. The third-order valence-electron chi connectivity index (χ3n) is 4.36. The zero-order chi connectivity index (χ0) is 15.5. The van der Waals surface area contributed by atoms with E-state index >= 15 is 0 Å². The Hall–Kier alpha value is -1.36. The molecule has 0 saturated carbocycles. The Morgan fingerprint density at radius 2 is 2.09 bits per heavy atom. The van der Waals surface area contributed by atoms with E-state index in [9.17, 15) is 5.11 Å². The number of aliphatic hydroxyl groups excluding tert-OH is 1. The molecule has 1 fully saturated rings. The van der Waals surface area contributed by atoms with E-state index in [2.05, 4.69) is 22.1 Å². The number of hydrogen-bond acceptors (Lipinski definition) is 3. The van der Waals surface area contributed by atoms with Crippen molar-refractivity contribution in [3.8, 4) is 11.3 Å². The highest BCUT2D eigenvalue weighted by Gasteiger charge is 2.23. The molecule has 118 valence electrons. The van der Waals surface area contributed by atoms with E-state index < -0.39 is 0 Å². The maximum Gasteiger partial charge on any atom is 0.131 e. The molecule has 0 amide bonds. The first-order valence-electron chi connectivity index (χ1n) is 7.79. The highest BCUT2D eigenvalue weighted by molar-refractivity contribution is 6.30. The third kappa shape index (κ3) is 3.19. The lowest BCUT2D eigenvalue weighted by Gasteiger charge is -2.31. The van der Waals surface area contributed by atoms with Gasteiger partial charge in [0.1, 0.15) is 5.15 Å². The minimum atomic E-state index is 0.267. The van der Waals surface area contributed by atoms with Gasteiger partial charge in [-0.05, 0) is 25.3 Å². The van der Waals surface area contributed by atoms with Gasteiger partial charge in [-0.3, -0.25) is 9.58 Å². The summed E-state index contributed by atoms with van der Waals surface area (Å²) in [5.74, 6) is 0.379. The molecular formula is C17H22ClN3O. The SMILES string of the molecule is Cn1nc(-c2ccccc2)c(CN2CCCC(CO)C2)c1Cl. The number of aryl methyl sites for hydroxylation is 1. The highest BCUT2D eigenvalue weighted by atomic mass is 35.5. The van der Waals surface area contributed by atoms with Crippen molar-refractivity contribution in [2.75, 3.05) is 19.7 Å². The molecule has 1 aliphatic rings. The van der Waals surface area contributed by atoms with Gasteiger partial charge in [0.25, 0.3) is 0 Å². The lowest BCUT2D eigenvalue weighted by molar-refractivity contribution is 0.116. The van der Waals surface area contributed by atoms with E-state index in [0.29, 0.717) is 11.1 Å². The number of piperidine rings is 1. The van der Waals surface area contributed by atoms with Gasteiger partial charge in [-0.2, -0.15) is 5.10 Å². The highest BCUT2D eigenvalue weighted by Crippen LogP contribution is 2.30. The van der Waals surface area contributed by atoms with Gasteiger partial charge in [-0.15, -0.1) is 0 Å². The van der Waals surface area contributed by atoms with Gasteiger partial charge < -0.3 is 5.11 Å². The Morgan fingerprint density at radius 3 is 2.82 bits per heavy atom. The number of rotatable bonds is 4. The van der Waals surface area contributed by atoms with Crippen molar-refractivity contribution in [2.24, 2.45) is 13.0 Å². The maximum atomic E-state index is 9.40. The Labute approximate surface area is 136 Å². The van der Waals surface area contributed by atoms with E-state index in [0.717, 1.165) is 49.3 Å². The summed E-state index contributed by atoms with van der Waals surface area (Å²) in [6.45, 7) is 3.03. The molecule has 3 rings (SSSR count). The molecule has 1 aromatic carbocycles. The van der Waals surface area contributed by atoms with Gasteiger partial charge in [-0.25, -0.2) is 0 Å². The van der Waals surface area contributed by atoms with Crippen molar-refractivity contribution in [1.29, 1.82) is 0 Å². The summed E-state index contributed by atoms with van der Waals surface area (Å²) in [4.78, 5) is 2.37. The smallest absolute Gasteiger partial charge is 0.131 e. The Morgan fingerprint density at radius 1 is 1.32 bits per heavy atom. The Balaban J connectivity index is 1.87. The third-order valence-corrected chi connectivity index (χ3v) is 4.83. The molecule has 0 aliphatic carbocycles. The largest absolute Gasteiger partial charge is 0.396 e. The number of hydrogen-bond donors (Lipinski definition) is 1. The zero-order valence-corrected chi connectivity index (χ0v) is 13.6. The molecular weight excluding hydrogens is 298 g/mol. The number of benzene rings is 1. The van der Waals surface area contributed by atoms with Crippen molar-refractivity contribution in [3.05, 3.63) is 41.0 Å². The van der Waals surface area contributed by atoms with Crippen LogP contribution in [0, 0.1) is 5.92 Å². The van der Waals surface area contributed by atoms with E-state index in [4.69, 9.17) is 11.6 Å². The molecule has 0 bridgehead atoms. The number of likely N-dealkylation sites (tertiary alicyclic amines) is 1. The van der Waals surface area contributed by atoms with Crippen molar-refractivity contribution >= 4 is 11.6 Å². The van der Waals surface area contributed by atoms with Crippen LogP contribution in [0.2, 0.25) is 5.15 Å². The second-order valence-electron chi connectivity index (χ2n) is 6.03. The van der Waals surface area contributed by atoms with Crippen molar-refractivity contribution in [3.63, 3.8) is 0 Å². The normalized spacial score (nSPS) is 19.5. The van der Waals surface area contributed by atoms with Gasteiger partial charge in [-0.1, -0.05) is 41.9 Å². The van der Waals surface area contributed by atoms with E-state index in [1.807, 2.05) is 25.2 Å². The second-order valence-corrected chi connectivity index (χ2v) is 6.39. The Bertz CT molecular complexity index is 626. The molecule has 1 aromatic heterocycles. The topological polar surface area (TPSA) is 41.3 Å². The van der Waals surface area contributed by atoms with E-state index in [1.165, 1.54) is 0 Å². The maximum absolute atomic E-state index is 9.40. The van der Waals surface area contributed by atoms with Crippen LogP contribution in [0.3, 0.4) is 0 Å². The summed E-state index contributed by atoms with van der Waals surface area (Å²) >= 11 is 6.48. The van der Waals surface area contributed by atoms with E-state index in [1.54, 1.807) is 4.68 Å². The van der Waals surface area contributed by atoms with Gasteiger partial charge in [0, 0.05) is 37.9 Å². The summed E-state index contributed by atoms with van der Waals surface area (Å²) in [6, 6.07) is 10.2. The lowest BCUT2D eigenvalue weighted by Crippen LogP contribution is -2.36. The van der Waals surface area contributed by atoms with Crippen LogP contribution in [-0.2, 0) is 13.6 Å². The van der Waals surface area contributed by atoms with Crippen molar-refractivity contribution in [2.45, 2.75) is 19.4 Å². The molecule has 4 nitrogen and oxygen atoms in total. The molecule has 0 spiro atoms. The van der Waals surface area contributed by atoms with Crippen LogP contribution >= 0.6 is 11.6 Å². The van der Waals surface area contributed by atoms with Crippen LogP contribution in [-0.4, -0.2) is 39.5 Å². The predicted octanol–water partition coefficient (Wildman–Crippen LogP) is 2.94. The van der Waals surface area contributed by atoms with Crippen molar-refractivity contribution in [1.82, 2.24) is 14.7 Å². The summed E-state index contributed by atoms with van der Waals surface area (Å²) in [5, 5.41) is 14.7. The fourth-order valence-corrected chi connectivity index (χ4v) is 3.37. The van der Waals surface area contributed by atoms with Gasteiger partial charge in [0.2, 0.25) is 0 Å². The number of aliphatic hydroxyl groups is 1. The van der Waals surface area contributed by atoms with E-state index in [-0.39, 0.29) is 6.61 Å². The standard InChI is InChI=1S/C17H22ClN3O/c1-20-17(18)15(11-21-9-5-6-13(10-21)12-22)16(19-20)14-7-3-2-4-8-14/h2-4,7-8,13,22H,5-6,9-12H2,1H3. The summed E-state index contributed by atoms with van der Waals surface area (Å²) in [5.41, 5.74) is 3.13. The fourth-order valence-electron chi connectivity index (χ4n) is 3.18. The molecule has 1 N–H and O–H groups in total. The fraction of sp³-hybridized carbons (Fsp3) is 0.471. The first-order chi connectivity index (χ1) is 10.7. The molecule has 2 heterocycles. The molecule has 22 heavy (non-hydrogen) atoms. The zero-order valence-electron chi connectivity index (χ0n) is 12.9. The number of halogens is 1. The predicted molar refractivity (Wildman–Crippen MR) is 88.7 cm³/mol. The van der Waals surface area contributed by atoms with Crippen LogP contribution in [0.5, 0.6) is 0 Å². The van der Waals surface area contributed by atoms with Gasteiger partial charge in [0.05, 0.1) is 5.69 Å². The molecule has 1 unspecified atom stereocenters. The molecule has 1 atom stereocenters. The molecule has 1 saturated heterocycles. The number of aromatic nitrogens is 2. The minimum Gasteiger partial charge on any atom is -0.396 e. The average Bonchev–Trinajstić information content (AvgIpc) is 2.84. The first kappa shape index (κ1) is 15.5. The van der Waals surface area contributed by atoms with Crippen molar-refractivity contribution < 1.29 is 5.11 Å². The molecule has 0 radical (unpaired) electrons. The van der Waals surface area contributed by atoms with Crippen LogP contribution < -0.4 is 0 Å². The van der Waals surface area contributed by atoms with Crippen LogP contribution in [0.25, 0.3) is 11.3 Å². The quantitative estimate of drug-likeness (QED) is 0.942. The van der Waals surface area contributed by atoms with Crippen LogP contribution in [0.4, 0.5) is 0 Å². The van der Waals surface area contributed by atoms with Crippen LogP contribution in [0.1, 0.15) is 18.4 Å². The number of nitrogens with zero attached hydrogens (tertiary/aromatic N) is 3. The molecule has 5 heteroatoms. The summed E-state index contributed by atoms with van der Waals surface area (Å²) < 4.78 is 1.74.